The highest BCUT2D eigenvalue weighted by Gasteiger charge is 2.29. The van der Waals surface area contributed by atoms with Gasteiger partial charge in [0.25, 0.3) is 0 Å². The molecular formula is C19H25OS+. The Morgan fingerprint density at radius 2 is 1.86 bits per heavy atom. The third-order valence-electron chi connectivity index (χ3n) is 4.19. The summed E-state index contributed by atoms with van der Waals surface area (Å²) in [4.78, 5) is 1.56. The second kappa shape index (κ2) is 6.74. The summed E-state index contributed by atoms with van der Waals surface area (Å²) in [6, 6.07) is 11.3. The van der Waals surface area contributed by atoms with Crippen LogP contribution < -0.4 is 4.74 Å². The topological polar surface area (TPSA) is 9.23 Å². The van der Waals surface area contributed by atoms with Crippen LogP contribution in [0, 0.1) is 6.92 Å². The van der Waals surface area contributed by atoms with Gasteiger partial charge < -0.3 is 4.74 Å². The zero-order chi connectivity index (χ0) is 14.7. The molecule has 0 saturated carbocycles. The van der Waals surface area contributed by atoms with Crippen molar-refractivity contribution in [3.8, 4) is 5.75 Å². The number of rotatable bonds is 5. The molecule has 0 aliphatic carbocycles. The van der Waals surface area contributed by atoms with Crippen LogP contribution in [0.25, 0.3) is 10.8 Å². The molecular weight excluding hydrogens is 276 g/mol. The van der Waals surface area contributed by atoms with E-state index in [1.165, 1.54) is 47.1 Å². The van der Waals surface area contributed by atoms with E-state index >= 15 is 0 Å². The van der Waals surface area contributed by atoms with E-state index in [-0.39, 0.29) is 0 Å². The zero-order valence-electron chi connectivity index (χ0n) is 13.2. The maximum Gasteiger partial charge on any atom is 0.162 e. The van der Waals surface area contributed by atoms with Crippen LogP contribution in [-0.4, -0.2) is 18.1 Å². The van der Waals surface area contributed by atoms with Gasteiger partial charge in [-0.25, -0.2) is 0 Å². The maximum atomic E-state index is 6.02. The average Bonchev–Trinajstić information content (AvgIpc) is 3.01. The van der Waals surface area contributed by atoms with Gasteiger partial charge in [0.2, 0.25) is 0 Å². The molecule has 0 N–H and O–H groups in total. The van der Waals surface area contributed by atoms with Crippen LogP contribution in [0.5, 0.6) is 5.75 Å². The quantitative estimate of drug-likeness (QED) is 0.551. The van der Waals surface area contributed by atoms with Crippen molar-refractivity contribution < 1.29 is 4.74 Å². The fourth-order valence-corrected chi connectivity index (χ4v) is 5.48. The minimum Gasteiger partial charge on any atom is -0.493 e. The number of hydrogen-bond acceptors (Lipinski definition) is 1. The normalized spacial score (nSPS) is 15.7. The second-order valence-corrected chi connectivity index (χ2v) is 8.16. The van der Waals surface area contributed by atoms with E-state index in [2.05, 4.69) is 44.2 Å². The Balaban J connectivity index is 2.01. The number of benzene rings is 2. The summed E-state index contributed by atoms with van der Waals surface area (Å²) in [6.07, 6.45) is 5.09. The molecule has 2 aromatic rings. The fraction of sp³-hybridized carbons (Fsp3) is 0.474. The summed E-state index contributed by atoms with van der Waals surface area (Å²) in [5.41, 5.74) is 1.34. The van der Waals surface area contributed by atoms with Crippen molar-refractivity contribution in [2.75, 3.05) is 18.1 Å². The molecule has 0 unspecified atom stereocenters. The Hall–Kier alpha value is -1.15. The van der Waals surface area contributed by atoms with Gasteiger partial charge in [-0.1, -0.05) is 31.0 Å². The molecule has 0 radical (unpaired) electrons. The molecule has 0 bridgehead atoms. The van der Waals surface area contributed by atoms with Crippen molar-refractivity contribution in [2.45, 2.75) is 44.4 Å². The summed E-state index contributed by atoms with van der Waals surface area (Å²) in [7, 11) is 0.455. The number of aryl methyl sites for hydroxylation is 1. The molecule has 2 heteroatoms. The summed E-state index contributed by atoms with van der Waals surface area (Å²) >= 11 is 0. The highest BCUT2D eigenvalue weighted by atomic mass is 32.2. The molecule has 1 saturated heterocycles. The van der Waals surface area contributed by atoms with Gasteiger partial charge >= 0.3 is 0 Å². The first-order chi connectivity index (χ1) is 10.3. The Morgan fingerprint density at radius 1 is 1.05 bits per heavy atom. The van der Waals surface area contributed by atoms with E-state index in [0.29, 0.717) is 10.9 Å². The number of ether oxygens (including phenoxy) is 1. The van der Waals surface area contributed by atoms with Crippen molar-refractivity contribution in [3.63, 3.8) is 0 Å². The summed E-state index contributed by atoms with van der Waals surface area (Å²) < 4.78 is 6.02. The molecule has 21 heavy (non-hydrogen) atoms. The minimum atomic E-state index is 0.455. The van der Waals surface area contributed by atoms with E-state index in [1.807, 2.05) is 0 Å². The third-order valence-corrected chi connectivity index (χ3v) is 6.73. The second-order valence-electron chi connectivity index (χ2n) is 5.92. The lowest BCUT2D eigenvalue weighted by Gasteiger charge is -2.12. The van der Waals surface area contributed by atoms with E-state index in [0.717, 1.165) is 18.8 Å². The molecule has 3 rings (SSSR count). The highest BCUT2D eigenvalue weighted by Crippen LogP contribution is 2.35. The first-order valence-electron chi connectivity index (χ1n) is 8.13. The van der Waals surface area contributed by atoms with E-state index < -0.39 is 0 Å². The van der Waals surface area contributed by atoms with Crippen molar-refractivity contribution >= 4 is 21.7 Å². The monoisotopic (exact) mass is 301 g/mol. The van der Waals surface area contributed by atoms with Crippen LogP contribution in [0.15, 0.2) is 35.2 Å². The number of hydrogen-bond donors (Lipinski definition) is 0. The minimum absolute atomic E-state index is 0.455. The molecule has 112 valence electrons. The van der Waals surface area contributed by atoms with Gasteiger partial charge in [-0.2, -0.15) is 0 Å². The van der Waals surface area contributed by atoms with Crippen molar-refractivity contribution in [3.05, 3.63) is 35.9 Å². The van der Waals surface area contributed by atoms with Crippen LogP contribution in [0.4, 0.5) is 0 Å². The average molecular weight is 301 g/mol. The van der Waals surface area contributed by atoms with Crippen molar-refractivity contribution in [1.29, 1.82) is 0 Å². The van der Waals surface area contributed by atoms with Gasteiger partial charge in [-0.3, -0.25) is 0 Å². The van der Waals surface area contributed by atoms with Crippen molar-refractivity contribution in [2.24, 2.45) is 0 Å². The Bertz CT molecular complexity index is 614. The highest BCUT2D eigenvalue weighted by molar-refractivity contribution is 7.97. The fourth-order valence-electron chi connectivity index (χ4n) is 2.99. The molecule has 0 spiro atoms. The van der Waals surface area contributed by atoms with Gasteiger partial charge in [0.1, 0.15) is 17.3 Å². The van der Waals surface area contributed by atoms with Gasteiger partial charge in [-0.15, -0.1) is 0 Å². The molecule has 2 aromatic carbocycles. The Morgan fingerprint density at radius 3 is 2.62 bits per heavy atom. The van der Waals surface area contributed by atoms with Gasteiger partial charge in [-0.05, 0) is 44.4 Å². The smallest absolute Gasteiger partial charge is 0.162 e. The maximum absolute atomic E-state index is 6.02. The van der Waals surface area contributed by atoms with E-state index in [9.17, 15) is 0 Å². The first kappa shape index (κ1) is 14.8. The summed E-state index contributed by atoms with van der Waals surface area (Å²) in [5.74, 6) is 3.81. The predicted molar refractivity (Wildman–Crippen MR) is 93.7 cm³/mol. The standard InChI is InChI=1S/C19H25OS/c1-3-4-11-20-18-9-10-19(21-12-5-6-13-21)17-14-15(2)7-8-16(17)18/h7-10,14H,3-6,11-13H2,1-2H3/q+1. The molecule has 1 heterocycles. The molecule has 1 aliphatic rings. The number of unbranched alkanes of at least 4 members (excludes halogenated alkanes) is 1. The van der Waals surface area contributed by atoms with Gasteiger partial charge in [0, 0.05) is 21.7 Å². The van der Waals surface area contributed by atoms with Crippen LogP contribution in [0.3, 0.4) is 0 Å². The van der Waals surface area contributed by atoms with E-state index in [4.69, 9.17) is 4.74 Å². The van der Waals surface area contributed by atoms with Crippen LogP contribution >= 0.6 is 0 Å². The molecule has 0 amide bonds. The Kier molecular flexibility index (Phi) is 4.74. The molecule has 1 aliphatic heterocycles. The first-order valence-corrected chi connectivity index (χ1v) is 9.69. The SMILES string of the molecule is CCCCOc1ccc([S+]2CCCC2)c2cc(C)ccc12. The predicted octanol–water partition coefficient (Wildman–Crippen LogP) is 5.10. The summed E-state index contributed by atoms with van der Waals surface area (Å²) in [5, 5.41) is 2.72. The van der Waals surface area contributed by atoms with Crippen molar-refractivity contribution in [1.82, 2.24) is 0 Å². The lowest BCUT2D eigenvalue weighted by molar-refractivity contribution is 0.313. The third kappa shape index (κ3) is 3.21. The van der Waals surface area contributed by atoms with Crippen LogP contribution in [-0.2, 0) is 10.9 Å². The Labute approximate surface area is 131 Å². The van der Waals surface area contributed by atoms with Crippen LogP contribution in [0.1, 0.15) is 38.2 Å². The molecule has 1 fully saturated rings. The summed E-state index contributed by atoms with van der Waals surface area (Å²) in [6.45, 7) is 5.21. The molecule has 0 aromatic heterocycles. The lowest BCUT2D eigenvalue weighted by Crippen LogP contribution is -2.05. The molecule has 0 atom stereocenters. The van der Waals surface area contributed by atoms with Crippen LogP contribution in [0.2, 0.25) is 0 Å². The van der Waals surface area contributed by atoms with Gasteiger partial charge in [0.15, 0.2) is 4.90 Å². The zero-order valence-corrected chi connectivity index (χ0v) is 14.0. The van der Waals surface area contributed by atoms with Gasteiger partial charge in [0.05, 0.1) is 6.61 Å². The number of fused-ring (bicyclic) bond motifs is 1. The van der Waals surface area contributed by atoms with E-state index in [1.54, 1.807) is 4.90 Å². The molecule has 1 nitrogen and oxygen atoms in total. The lowest BCUT2D eigenvalue weighted by atomic mass is 10.1. The largest absolute Gasteiger partial charge is 0.493 e.